The monoisotopic (exact) mass is 287 g/mol. The number of anilines is 1. The fourth-order valence-corrected chi connectivity index (χ4v) is 3.58. The maximum absolute atomic E-state index is 12.1. The summed E-state index contributed by atoms with van der Waals surface area (Å²) in [6.45, 7) is 5.56. The van der Waals surface area contributed by atoms with Crippen molar-refractivity contribution in [2.75, 3.05) is 31.9 Å². The summed E-state index contributed by atoms with van der Waals surface area (Å²) in [4.78, 5) is 2.37. The Hall–Kier alpha value is -1.12. The Kier molecular flexibility index (Phi) is 4.12. The van der Waals surface area contributed by atoms with Crippen molar-refractivity contribution >= 4 is 15.8 Å². The van der Waals surface area contributed by atoms with Crippen molar-refractivity contribution in [3.8, 4) is 0 Å². The number of hydrogen-bond donors (Lipinski definition) is 2. The Morgan fingerprint density at radius 3 is 2.84 bits per heavy atom. The maximum atomic E-state index is 12.1. The second-order valence-corrected chi connectivity index (χ2v) is 6.69. The Morgan fingerprint density at radius 2 is 2.32 bits per heavy atom. The minimum Gasteiger partial charge on any atom is -0.381 e. The highest BCUT2D eigenvalue weighted by Crippen LogP contribution is 2.18. The minimum atomic E-state index is -3.56. The quantitative estimate of drug-likeness (QED) is 0.770. The van der Waals surface area contributed by atoms with Gasteiger partial charge in [0.05, 0.1) is 0 Å². The van der Waals surface area contributed by atoms with Gasteiger partial charge < -0.3 is 10.6 Å². The van der Waals surface area contributed by atoms with E-state index in [9.17, 15) is 8.42 Å². The molecule has 0 spiro atoms. The molecule has 0 amide bonds. The van der Waals surface area contributed by atoms with Crippen molar-refractivity contribution in [1.82, 2.24) is 19.4 Å². The summed E-state index contributed by atoms with van der Waals surface area (Å²) in [6, 6.07) is 0. The molecule has 1 aliphatic rings. The van der Waals surface area contributed by atoms with Gasteiger partial charge in [0.1, 0.15) is 4.90 Å². The van der Waals surface area contributed by atoms with Crippen LogP contribution in [0.2, 0.25) is 0 Å². The summed E-state index contributed by atoms with van der Waals surface area (Å²) in [6.07, 6.45) is 2.45. The summed E-state index contributed by atoms with van der Waals surface area (Å²) < 4.78 is 28.3. The van der Waals surface area contributed by atoms with Crippen molar-refractivity contribution < 1.29 is 8.42 Å². The Balaban J connectivity index is 1.97. The number of nitrogens with zero attached hydrogens (tertiary/aromatic N) is 3. The molecule has 3 N–H and O–H groups in total. The second-order valence-electron chi connectivity index (χ2n) is 4.95. The van der Waals surface area contributed by atoms with E-state index in [1.807, 2.05) is 0 Å². The topological polar surface area (TPSA) is 93.2 Å². The number of rotatable bonds is 5. The van der Waals surface area contributed by atoms with E-state index in [4.69, 9.17) is 5.73 Å². The van der Waals surface area contributed by atoms with E-state index in [-0.39, 0.29) is 10.7 Å². The van der Waals surface area contributed by atoms with E-state index in [0.717, 1.165) is 26.1 Å². The third-order valence-corrected chi connectivity index (χ3v) is 4.93. The second kappa shape index (κ2) is 5.48. The first-order valence-electron chi connectivity index (χ1n) is 6.43. The average molecular weight is 287 g/mol. The fraction of sp³-hybridized carbons (Fsp3) is 0.727. The van der Waals surface area contributed by atoms with Crippen molar-refractivity contribution in [3.63, 3.8) is 0 Å². The van der Waals surface area contributed by atoms with Crippen LogP contribution in [0.1, 0.15) is 13.3 Å². The van der Waals surface area contributed by atoms with Gasteiger partial charge in [0.15, 0.2) is 5.82 Å². The molecular weight excluding hydrogens is 266 g/mol. The molecule has 1 fully saturated rings. The largest absolute Gasteiger partial charge is 0.381 e. The van der Waals surface area contributed by atoms with Crippen molar-refractivity contribution in [2.24, 2.45) is 13.0 Å². The SMILES string of the molecule is CCN1CCC(CNS(=O)(=O)c2cn(C)nc2N)C1. The van der Waals surface area contributed by atoms with Crippen LogP contribution >= 0.6 is 0 Å². The van der Waals surface area contributed by atoms with Gasteiger partial charge in [0.25, 0.3) is 0 Å². The van der Waals surface area contributed by atoms with Crippen LogP contribution in [0.4, 0.5) is 5.82 Å². The number of hydrogen-bond acceptors (Lipinski definition) is 5. The van der Waals surface area contributed by atoms with E-state index in [1.54, 1.807) is 7.05 Å². The van der Waals surface area contributed by atoms with Gasteiger partial charge >= 0.3 is 0 Å². The molecule has 1 aromatic heterocycles. The highest BCUT2D eigenvalue weighted by molar-refractivity contribution is 7.89. The van der Waals surface area contributed by atoms with E-state index in [1.165, 1.54) is 10.9 Å². The lowest BCUT2D eigenvalue weighted by Crippen LogP contribution is -2.31. The van der Waals surface area contributed by atoms with Gasteiger partial charge in [0.2, 0.25) is 10.0 Å². The third-order valence-electron chi connectivity index (χ3n) is 3.49. The lowest BCUT2D eigenvalue weighted by Gasteiger charge is -2.13. The van der Waals surface area contributed by atoms with Crippen LogP contribution < -0.4 is 10.5 Å². The standard InChI is InChI=1S/C11H21N5O2S/c1-3-16-5-4-9(7-16)6-13-19(17,18)10-8-15(2)14-11(10)12/h8-9,13H,3-7H2,1-2H3,(H2,12,14). The molecule has 1 aromatic rings. The molecule has 1 unspecified atom stereocenters. The predicted octanol–water partition coefficient (Wildman–Crippen LogP) is -0.378. The van der Waals surface area contributed by atoms with Crippen molar-refractivity contribution in [2.45, 2.75) is 18.2 Å². The number of aromatic nitrogens is 2. The molecule has 2 rings (SSSR count). The molecule has 7 nitrogen and oxygen atoms in total. The zero-order chi connectivity index (χ0) is 14.0. The van der Waals surface area contributed by atoms with Crippen LogP contribution in [0.15, 0.2) is 11.1 Å². The summed E-state index contributed by atoms with van der Waals surface area (Å²) in [5.74, 6) is 0.407. The van der Waals surface area contributed by atoms with Gasteiger partial charge in [-0.1, -0.05) is 6.92 Å². The Labute approximate surface area is 113 Å². The van der Waals surface area contributed by atoms with E-state index in [2.05, 4.69) is 21.6 Å². The number of nitrogen functional groups attached to an aromatic ring is 1. The van der Waals surface area contributed by atoms with Gasteiger partial charge in [-0.05, 0) is 25.4 Å². The van der Waals surface area contributed by atoms with Crippen LogP contribution in [-0.4, -0.2) is 49.3 Å². The number of aryl methyl sites for hydroxylation is 1. The fourth-order valence-electron chi connectivity index (χ4n) is 2.36. The van der Waals surface area contributed by atoms with Crippen molar-refractivity contribution in [1.29, 1.82) is 0 Å². The first-order valence-corrected chi connectivity index (χ1v) is 7.92. The number of nitrogens with one attached hydrogen (secondary N) is 1. The molecule has 0 aliphatic carbocycles. The molecule has 0 saturated carbocycles. The van der Waals surface area contributed by atoms with Crippen LogP contribution in [0.3, 0.4) is 0 Å². The Bertz CT molecular complexity index is 539. The summed E-state index contributed by atoms with van der Waals surface area (Å²) in [7, 11) is -1.91. The predicted molar refractivity (Wildman–Crippen MR) is 73.0 cm³/mol. The van der Waals surface area contributed by atoms with Crippen LogP contribution in [-0.2, 0) is 17.1 Å². The molecule has 0 radical (unpaired) electrons. The van der Waals surface area contributed by atoms with Gasteiger partial charge in [-0.3, -0.25) is 4.68 Å². The first kappa shape index (κ1) is 14.3. The Morgan fingerprint density at radius 1 is 1.58 bits per heavy atom. The molecule has 8 heteroatoms. The van der Waals surface area contributed by atoms with Crippen molar-refractivity contribution in [3.05, 3.63) is 6.20 Å². The molecule has 0 aromatic carbocycles. The van der Waals surface area contributed by atoms with Gasteiger partial charge in [-0.15, -0.1) is 0 Å². The molecule has 1 saturated heterocycles. The van der Waals surface area contributed by atoms with E-state index < -0.39 is 10.0 Å². The zero-order valence-electron chi connectivity index (χ0n) is 11.3. The molecule has 1 atom stereocenters. The number of sulfonamides is 1. The van der Waals surface area contributed by atoms with Crippen LogP contribution in [0.25, 0.3) is 0 Å². The molecule has 0 bridgehead atoms. The molecule has 2 heterocycles. The molecule has 19 heavy (non-hydrogen) atoms. The third kappa shape index (κ3) is 3.26. The smallest absolute Gasteiger partial charge is 0.245 e. The first-order chi connectivity index (χ1) is 8.92. The normalized spacial score (nSPS) is 21.1. The maximum Gasteiger partial charge on any atom is 0.245 e. The molecule has 108 valence electrons. The average Bonchev–Trinajstić information content (AvgIpc) is 2.93. The van der Waals surface area contributed by atoms with E-state index in [0.29, 0.717) is 12.5 Å². The zero-order valence-corrected chi connectivity index (χ0v) is 12.2. The summed E-state index contributed by atoms with van der Waals surface area (Å²) >= 11 is 0. The minimum absolute atomic E-state index is 0.0385. The van der Waals surface area contributed by atoms with Gasteiger partial charge in [0, 0.05) is 26.3 Å². The molecular formula is C11H21N5O2S. The highest BCUT2D eigenvalue weighted by atomic mass is 32.2. The van der Waals surface area contributed by atoms with E-state index >= 15 is 0 Å². The van der Waals surface area contributed by atoms with Gasteiger partial charge in [-0.25, -0.2) is 13.1 Å². The summed E-state index contributed by atoms with van der Waals surface area (Å²) in [5.41, 5.74) is 5.60. The lowest BCUT2D eigenvalue weighted by atomic mass is 10.1. The molecule has 1 aliphatic heterocycles. The van der Waals surface area contributed by atoms with Crippen LogP contribution in [0.5, 0.6) is 0 Å². The van der Waals surface area contributed by atoms with Crippen LogP contribution in [0, 0.1) is 5.92 Å². The number of nitrogens with two attached hydrogens (primary N) is 1. The summed E-state index contributed by atoms with van der Waals surface area (Å²) in [5, 5.41) is 3.85. The highest BCUT2D eigenvalue weighted by Gasteiger charge is 2.25. The number of likely N-dealkylation sites (tertiary alicyclic amines) is 1. The van der Waals surface area contributed by atoms with Gasteiger partial charge in [-0.2, -0.15) is 5.10 Å². The lowest BCUT2D eigenvalue weighted by molar-refractivity contribution is 0.342.